The molecule has 0 radical (unpaired) electrons. The van der Waals surface area contributed by atoms with Crippen LogP contribution in [0, 0.1) is 11.8 Å². The second-order valence-corrected chi connectivity index (χ2v) is 5.22. The molecule has 2 nitrogen and oxygen atoms in total. The molecule has 2 aliphatic rings. The van der Waals surface area contributed by atoms with E-state index in [1.165, 1.54) is 13.1 Å². The maximum absolute atomic E-state index is 3.39. The Morgan fingerprint density at radius 3 is 2.00 bits per heavy atom. The van der Waals surface area contributed by atoms with E-state index in [9.17, 15) is 0 Å². The topological polar surface area (TPSA) is 15.3 Å². The number of hydrogen-bond acceptors (Lipinski definition) is 2. The van der Waals surface area contributed by atoms with Crippen LogP contribution in [0.5, 0.6) is 0 Å². The molecule has 12 heavy (non-hydrogen) atoms. The third-order valence-corrected chi connectivity index (χ3v) is 3.48. The Bertz CT molecular complexity index is 171. The Labute approximate surface area is 75.3 Å². The minimum absolute atomic E-state index is 0.381. The lowest BCUT2D eigenvalue weighted by atomic mass is 10.1. The molecule has 1 aliphatic heterocycles. The van der Waals surface area contributed by atoms with E-state index in [4.69, 9.17) is 0 Å². The summed E-state index contributed by atoms with van der Waals surface area (Å²) in [4.78, 5) is 2.61. The molecule has 70 valence electrons. The SMILES string of the molecule is CNC1C2CN(C(C)(C)C)CC21. The second kappa shape index (κ2) is 2.46. The Balaban J connectivity index is 1.90. The molecule has 0 aromatic heterocycles. The molecular weight excluding hydrogens is 148 g/mol. The predicted molar refractivity (Wildman–Crippen MR) is 51.2 cm³/mol. The summed E-state index contributed by atoms with van der Waals surface area (Å²) in [6.45, 7) is 9.55. The highest BCUT2D eigenvalue weighted by Crippen LogP contribution is 2.46. The van der Waals surface area contributed by atoms with Gasteiger partial charge in [0.05, 0.1) is 0 Å². The van der Waals surface area contributed by atoms with Gasteiger partial charge in [-0.3, -0.25) is 4.90 Å². The van der Waals surface area contributed by atoms with Gasteiger partial charge >= 0.3 is 0 Å². The van der Waals surface area contributed by atoms with Gasteiger partial charge in [0.25, 0.3) is 0 Å². The summed E-state index contributed by atoms with van der Waals surface area (Å²) in [5, 5.41) is 3.39. The van der Waals surface area contributed by atoms with Crippen LogP contribution in [-0.4, -0.2) is 36.6 Å². The van der Waals surface area contributed by atoms with E-state index in [0.29, 0.717) is 5.54 Å². The van der Waals surface area contributed by atoms with Crippen LogP contribution in [0.1, 0.15) is 20.8 Å². The molecule has 2 unspecified atom stereocenters. The van der Waals surface area contributed by atoms with Crippen LogP contribution in [0.25, 0.3) is 0 Å². The number of rotatable bonds is 1. The van der Waals surface area contributed by atoms with Crippen molar-refractivity contribution in [3.63, 3.8) is 0 Å². The summed E-state index contributed by atoms with van der Waals surface area (Å²) >= 11 is 0. The minimum atomic E-state index is 0.381. The van der Waals surface area contributed by atoms with Gasteiger partial charge < -0.3 is 5.32 Å². The number of piperidine rings is 1. The van der Waals surface area contributed by atoms with E-state index in [-0.39, 0.29) is 0 Å². The minimum Gasteiger partial charge on any atom is -0.316 e. The predicted octanol–water partition coefficient (Wildman–Crippen LogP) is 0.934. The Hall–Kier alpha value is -0.0800. The molecule has 1 heterocycles. The summed E-state index contributed by atoms with van der Waals surface area (Å²) < 4.78 is 0. The number of hydrogen-bond donors (Lipinski definition) is 1. The van der Waals surface area contributed by atoms with Crippen LogP contribution in [0.15, 0.2) is 0 Å². The number of nitrogens with one attached hydrogen (secondary N) is 1. The second-order valence-electron chi connectivity index (χ2n) is 5.22. The number of likely N-dealkylation sites (tertiary alicyclic amines) is 1. The average Bonchev–Trinajstić information content (AvgIpc) is 2.39. The smallest absolute Gasteiger partial charge is 0.0152 e. The van der Waals surface area contributed by atoms with E-state index in [2.05, 4.69) is 38.0 Å². The number of fused-ring (bicyclic) bond motifs is 1. The van der Waals surface area contributed by atoms with E-state index < -0.39 is 0 Å². The maximum Gasteiger partial charge on any atom is 0.0152 e. The Morgan fingerprint density at radius 1 is 1.17 bits per heavy atom. The van der Waals surface area contributed by atoms with Crippen molar-refractivity contribution in [1.82, 2.24) is 10.2 Å². The lowest BCUT2D eigenvalue weighted by Gasteiger charge is -2.33. The summed E-state index contributed by atoms with van der Waals surface area (Å²) in [5.74, 6) is 1.91. The fourth-order valence-corrected chi connectivity index (χ4v) is 2.50. The van der Waals surface area contributed by atoms with Gasteiger partial charge in [0.2, 0.25) is 0 Å². The highest BCUT2D eigenvalue weighted by atomic mass is 15.3. The lowest BCUT2D eigenvalue weighted by molar-refractivity contribution is 0.151. The van der Waals surface area contributed by atoms with Crippen molar-refractivity contribution in [2.45, 2.75) is 32.4 Å². The summed E-state index contributed by atoms with van der Waals surface area (Å²) in [7, 11) is 2.09. The van der Waals surface area contributed by atoms with Gasteiger partial charge in [-0.2, -0.15) is 0 Å². The zero-order valence-electron chi connectivity index (χ0n) is 8.59. The first-order valence-electron chi connectivity index (χ1n) is 4.96. The van der Waals surface area contributed by atoms with Crippen molar-refractivity contribution < 1.29 is 0 Å². The van der Waals surface area contributed by atoms with Crippen LogP contribution >= 0.6 is 0 Å². The first-order valence-corrected chi connectivity index (χ1v) is 4.96. The molecule has 1 saturated carbocycles. The highest BCUT2D eigenvalue weighted by Gasteiger charge is 2.56. The van der Waals surface area contributed by atoms with Crippen molar-refractivity contribution in [3.8, 4) is 0 Å². The first kappa shape index (κ1) is 8.52. The molecule has 0 amide bonds. The lowest BCUT2D eigenvalue weighted by Crippen LogP contribution is -2.42. The van der Waals surface area contributed by atoms with Crippen molar-refractivity contribution in [2.24, 2.45) is 11.8 Å². The largest absolute Gasteiger partial charge is 0.316 e. The van der Waals surface area contributed by atoms with Gasteiger partial charge in [-0.15, -0.1) is 0 Å². The van der Waals surface area contributed by atoms with E-state index >= 15 is 0 Å². The molecule has 0 bridgehead atoms. The quantitative estimate of drug-likeness (QED) is 0.627. The van der Waals surface area contributed by atoms with Gasteiger partial charge in [0.1, 0.15) is 0 Å². The molecule has 0 aromatic rings. The van der Waals surface area contributed by atoms with E-state index in [1.807, 2.05) is 0 Å². The Kier molecular flexibility index (Phi) is 1.74. The zero-order valence-corrected chi connectivity index (χ0v) is 8.59. The highest BCUT2D eigenvalue weighted by molar-refractivity contribution is 5.11. The molecular formula is C10H20N2. The van der Waals surface area contributed by atoms with Gasteiger partial charge in [0.15, 0.2) is 0 Å². The van der Waals surface area contributed by atoms with Gasteiger partial charge in [-0.25, -0.2) is 0 Å². The fourth-order valence-electron chi connectivity index (χ4n) is 2.50. The number of nitrogens with zero attached hydrogens (tertiary/aromatic N) is 1. The first-order chi connectivity index (χ1) is 5.54. The molecule has 1 N–H and O–H groups in total. The molecule has 2 atom stereocenters. The van der Waals surface area contributed by atoms with Gasteiger partial charge in [-0.05, 0) is 39.7 Å². The van der Waals surface area contributed by atoms with Crippen molar-refractivity contribution >= 4 is 0 Å². The van der Waals surface area contributed by atoms with Crippen molar-refractivity contribution in [2.75, 3.05) is 20.1 Å². The monoisotopic (exact) mass is 168 g/mol. The van der Waals surface area contributed by atoms with Crippen molar-refractivity contribution in [3.05, 3.63) is 0 Å². The summed E-state index contributed by atoms with van der Waals surface area (Å²) in [6, 6.07) is 0.837. The van der Waals surface area contributed by atoms with Crippen LogP contribution < -0.4 is 5.32 Å². The maximum atomic E-state index is 3.39. The summed E-state index contributed by atoms with van der Waals surface area (Å²) in [5.41, 5.74) is 0.381. The Morgan fingerprint density at radius 2 is 1.67 bits per heavy atom. The van der Waals surface area contributed by atoms with Crippen molar-refractivity contribution in [1.29, 1.82) is 0 Å². The van der Waals surface area contributed by atoms with Crippen LogP contribution in [0.4, 0.5) is 0 Å². The molecule has 0 aromatic carbocycles. The molecule has 2 fully saturated rings. The third kappa shape index (κ3) is 1.17. The molecule has 2 heteroatoms. The normalized spacial score (nSPS) is 41.5. The third-order valence-electron chi connectivity index (χ3n) is 3.48. The van der Waals surface area contributed by atoms with Crippen LogP contribution in [0.2, 0.25) is 0 Å². The van der Waals surface area contributed by atoms with Gasteiger partial charge in [-0.1, -0.05) is 0 Å². The molecule has 1 aliphatic carbocycles. The summed E-state index contributed by atoms with van der Waals surface area (Å²) in [6.07, 6.45) is 0. The van der Waals surface area contributed by atoms with E-state index in [0.717, 1.165) is 17.9 Å². The van der Waals surface area contributed by atoms with Crippen LogP contribution in [-0.2, 0) is 0 Å². The van der Waals surface area contributed by atoms with E-state index in [1.54, 1.807) is 0 Å². The average molecular weight is 168 g/mol. The van der Waals surface area contributed by atoms with Gasteiger partial charge in [0, 0.05) is 24.7 Å². The van der Waals surface area contributed by atoms with Crippen LogP contribution in [0.3, 0.4) is 0 Å². The standard InChI is InChI=1S/C10H20N2/c1-10(2,3)12-5-7-8(6-12)9(7)11-4/h7-9,11H,5-6H2,1-4H3. The zero-order chi connectivity index (χ0) is 8.93. The molecule has 2 rings (SSSR count). The fraction of sp³-hybridized carbons (Fsp3) is 1.00. The molecule has 0 spiro atoms. The molecule has 1 saturated heterocycles.